The third-order valence-electron chi connectivity index (χ3n) is 3.95. The Morgan fingerprint density at radius 2 is 1.90 bits per heavy atom. The minimum atomic E-state index is -0.650. The lowest BCUT2D eigenvalue weighted by molar-refractivity contribution is -0.112. The fraction of sp³-hybridized carbons (Fsp3) is 0.0500. The molecule has 0 radical (unpaired) electrons. The zero-order valence-corrected chi connectivity index (χ0v) is 17.9. The largest absolute Gasteiger partial charge is 0.320 e. The number of hydrogen-bond acceptors (Lipinski definition) is 3. The maximum absolute atomic E-state index is 12.6. The molecule has 0 unspecified atom stereocenters. The van der Waals surface area contributed by atoms with Crippen molar-refractivity contribution in [3.8, 4) is 11.8 Å². The van der Waals surface area contributed by atoms with Crippen LogP contribution < -0.4 is 5.32 Å². The number of amides is 1. The van der Waals surface area contributed by atoms with Gasteiger partial charge in [0.2, 0.25) is 0 Å². The summed E-state index contributed by atoms with van der Waals surface area (Å²) in [5, 5.41) is 17.7. The van der Waals surface area contributed by atoms with Gasteiger partial charge in [0.15, 0.2) is 0 Å². The first-order valence-corrected chi connectivity index (χ1v) is 9.71. The lowest BCUT2D eigenvalue weighted by Crippen LogP contribution is -2.13. The summed E-state index contributed by atoms with van der Waals surface area (Å²) >= 11 is 24.5. The monoisotopic (exact) mass is 464 g/mol. The second kappa shape index (κ2) is 8.89. The predicted octanol–water partition coefficient (Wildman–Crippen LogP) is 6.34. The van der Waals surface area contributed by atoms with Crippen molar-refractivity contribution < 1.29 is 4.79 Å². The molecule has 0 saturated heterocycles. The fourth-order valence-electron chi connectivity index (χ4n) is 2.54. The summed E-state index contributed by atoms with van der Waals surface area (Å²) in [6.45, 7) is 1.72. The molecular weight excluding hydrogens is 454 g/mol. The summed E-state index contributed by atoms with van der Waals surface area (Å²) in [5.41, 5.74) is 1.75. The van der Waals surface area contributed by atoms with Crippen LogP contribution in [0.4, 0.5) is 5.69 Å². The number of halogens is 4. The van der Waals surface area contributed by atoms with Crippen LogP contribution in [0.15, 0.2) is 48.0 Å². The quantitative estimate of drug-likeness (QED) is 0.361. The molecule has 0 atom stereocenters. The van der Waals surface area contributed by atoms with E-state index < -0.39 is 5.91 Å². The van der Waals surface area contributed by atoms with Crippen molar-refractivity contribution >= 4 is 64.1 Å². The first kappa shape index (κ1) is 21.2. The van der Waals surface area contributed by atoms with Crippen LogP contribution in [-0.4, -0.2) is 15.7 Å². The Morgan fingerprint density at radius 1 is 1.17 bits per heavy atom. The van der Waals surface area contributed by atoms with Crippen LogP contribution in [0.1, 0.15) is 11.3 Å². The first-order chi connectivity index (χ1) is 13.8. The van der Waals surface area contributed by atoms with Gasteiger partial charge in [0.25, 0.3) is 5.91 Å². The molecule has 0 fully saturated rings. The number of nitrogens with one attached hydrogen (secondary N) is 1. The molecule has 0 aliphatic carbocycles. The maximum Gasteiger partial charge on any atom is 0.266 e. The van der Waals surface area contributed by atoms with Gasteiger partial charge in [0.05, 0.1) is 27.1 Å². The molecule has 5 nitrogen and oxygen atoms in total. The molecule has 9 heteroatoms. The number of anilines is 1. The van der Waals surface area contributed by atoms with Crippen LogP contribution >= 0.6 is 46.4 Å². The topological polar surface area (TPSA) is 70.7 Å². The predicted molar refractivity (Wildman–Crippen MR) is 117 cm³/mol. The minimum absolute atomic E-state index is 0.170. The van der Waals surface area contributed by atoms with Gasteiger partial charge in [-0.1, -0.05) is 58.5 Å². The van der Waals surface area contributed by atoms with E-state index in [-0.39, 0.29) is 20.8 Å². The summed E-state index contributed by atoms with van der Waals surface area (Å²) in [6, 6.07) is 13.7. The van der Waals surface area contributed by atoms with Crippen LogP contribution in [0.3, 0.4) is 0 Å². The molecule has 0 aliphatic heterocycles. The summed E-state index contributed by atoms with van der Waals surface area (Å²) in [5.74, 6) is -0.650. The molecule has 0 saturated carbocycles. The Kier molecular flexibility index (Phi) is 6.51. The van der Waals surface area contributed by atoms with Crippen LogP contribution in [0, 0.1) is 18.3 Å². The van der Waals surface area contributed by atoms with Gasteiger partial charge in [-0.3, -0.25) is 4.79 Å². The third kappa shape index (κ3) is 4.58. The Hall–Kier alpha value is -2.49. The van der Waals surface area contributed by atoms with E-state index in [9.17, 15) is 10.1 Å². The average molecular weight is 466 g/mol. The van der Waals surface area contributed by atoms with Crippen molar-refractivity contribution in [2.75, 3.05) is 5.32 Å². The second-order valence-corrected chi connectivity index (χ2v) is 7.49. The van der Waals surface area contributed by atoms with E-state index in [1.54, 1.807) is 49.4 Å². The van der Waals surface area contributed by atoms with Crippen molar-refractivity contribution in [3.63, 3.8) is 0 Å². The van der Waals surface area contributed by atoms with E-state index in [4.69, 9.17) is 46.4 Å². The molecule has 2 aromatic carbocycles. The number of benzene rings is 2. The minimum Gasteiger partial charge on any atom is -0.320 e. The molecule has 0 aliphatic rings. The van der Waals surface area contributed by atoms with Crippen LogP contribution in [0.2, 0.25) is 20.2 Å². The summed E-state index contributed by atoms with van der Waals surface area (Å²) in [6.07, 6.45) is 1.37. The SMILES string of the molecule is Cc1nn(-c2cccc(Cl)c2)c(Cl)c1C=C(C#N)C(=O)Nc1cccc(Cl)c1Cl. The molecular formula is C20H12Cl4N4O. The normalized spacial score (nSPS) is 11.2. The van der Waals surface area contributed by atoms with Gasteiger partial charge in [-0.05, 0) is 43.3 Å². The van der Waals surface area contributed by atoms with Crippen molar-refractivity contribution in [2.24, 2.45) is 0 Å². The van der Waals surface area contributed by atoms with Crippen molar-refractivity contribution in [1.82, 2.24) is 9.78 Å². The van der Waals surface area contributed by atoms with E-state index in [2.05, 4.69) is 10.4 Å². The standard InChI is InChI=1S/C20H12Cl4N4O/c1-11-15(19(24)28(27-11)14-5-2-4-13(21)9-14)8-12(10-25)20(29)26-17-7-3-6-16(22)18(17)23/h2-9H,1H3,(H,26,29). The molecule has 0 spiro atoms. The van der Waals surface area contributed by atoms with Crippen LogP contribution in [0.5, 0.6) is 0 Å². The molecule has 3 rings (SSSR count). The van der Waals surface area contributed by atoms with E-state index in [0.29, 0.717) is 27.7 Å². The van der Waals surface area contributed by atoms with E-state index in [1.165, 1.54) is 10.8 Å². The number of nitriles is 1. The van der Waals surface area contributed by atoms with E-state index in [0.717, 1.165) is 0 Å². The smallest absolute Gasteiger partial charge is 0.266 e. The molecule has 1 N–H and O–H groups in total. The highest BCUT2D eigenvalue weighted by atomic mass is 35.5. The molecule has 1 heterocycles. The van der Waals surface area contributed by atoms with Crippen molar-refractivity contribution in [3.05, 3.63) is 79.5 Å². The van der Waals surface area contributed by atoms with Gasteiger partial charge in [-0.25, -0.2) is 4.68 Å². The number of carbonyl (C=O) groups is 1. The summed E-state index contributed by atoms with van der Waals surface area (Å²) in [7, 11) is 0. The van der Waals surface area contributed by atoms with E-state index in [1.807, 2.05) is 6.07 Å². The summed E-state index contributed by atoms with van der Waals surface area (Å²) < 4.78 is 1.48. The van der Waals surface area contributed by atoms with Gasteiger partial charge >= 0.3 is 0 Å². The molecule has 0 bridgehead atoms. The molecule has 146 valence electrons. The Bertz CT molecular complexity index is 1180. The lowest BCUT2D eigenvalue weighted by Gasteiger charge is -2.07. The van der Waals surface area contributed by atoms with E-state index >= 15 is 0 Å². The van der Waals surface area contributed by atoms with Crippen LogP contribution in [-0.2, 0) is 4.79 Å². The third-order valence-corrected chi connectivity index (χ3v) is 5.37. The Morgan fingerprint density at radius 3 is 2.59 bits per heavy atom. The molecule has 1 amide bonds. The Labute approximate surface area is 187 Å². The molecule has 29 heavy (non-hydrogen) atoms. The maximum atomic E-state index is 12.6. The Balaban J connectivity index is 1.96. The molecule has 3 aromatic rings. The van der Waals surface area contributed by atoms with Gasteiger partial charge < -0.3 is 5.32 Å². The zero-order valence-electron chi connectivity index (χ0n) is 14.9. The number of hydrogen-bond donors (Lipinski definition) is 1. The highest BCUT2D eigenvalue weighted by Gasteiger charge is 2.18. The van der Waals surface area contributed by atoms with Gasteiger partial charge in [-0.15, -0.1) is 0 Å². The molecule has 1 aromatic heterocycles. The highest BCUT2D eigenvalue weighted by molar-refractivity contribution is 6.44. The van der Waals surface area contributed by atoms with Gasteiger partial charge in [0.1, 0.15) is 16.8 Å². The fourth-order valence-corrected chi connectivity index (χ4v) is 3.40. The second-order valence-electron chi connectivity index (χ2n) is 5.91. The van der Waals surface area contributed by atoms with Crippen molar-refractivity contribution in [1.29, 1.82) is 5.26 Å². The average Bonchev–Trinajstić information content (AvgIpc) is 2.97. The number of rotatable bonds is 4. The summed E-state index contributed by atoms with van der Waals surface area (Å²) in [4.78, 5) is 12.6. The number of carbonyl (C=O) groups excluding carboxylic acids is 1. The van der Waals surface area contributed by atoms with Gasteiger partial charge in [-0.2, -0.15) is 10.4 Å². The zero-order chi connectivity index (χ0) is 21.1. The van der Waals surface area contributed by atoms with Crippen molar-refractivity contribution in [2.45, 2.75) is 6.92 Å². The number of nitrogens with zero attached hydrogens (tertiary/aromatic N) is 3. The first-order valence-electron chi connectivity index (χ1n) is 8.20. The number of aryl methyl sites for hydroxylation is 1. The van der Waals surface area contributed by atoms with Crippen LogP contribution in [0.25, 0.3) is 11.8 Å². The highest BCUT2D eigenvalue weighted by Crippen LogP contribution is 2.30. The lowest BCUT2D eigenvalue weighted by atomic mass is 10.1. The number of aromatic nitrogens is 2. The van der Waals surface area contributed by atoms with Gasteiger partial charge in [0, 0.05) is 10.6 Å².